The van der Waals surface area contributed by atoms with Crippen molar-refractivity contribution in [1.29, 1.82) is 5.26 Å². The quantitative estimate of drug-likeness (QED) is 0.631. The second-order valence-electron chi connectivity index (χ2n) is 2.95. The van der Waals surface area contributed by atoms with E-state index in [9.17, 15) is 13.6 Å². The molecule has 0 spiro atoms. The van der Waals surface area contributed by atoms with E-state index in [2.05, 4.69) is 4.74 Å². The van der Waals surface area contributed by atoms with Gasteiger partial charge in [-0.3, -0.25) is 4.79 Å². The van der Waals surface area contributed by atoms with Gasteiger partial charge in [0, 0.05) is 0 Å². The number of Topliss-reactive ketones (excluding diaryl/α,β-unsaturated/α-hetero) is 1. The lowest BCUT2D eigenvalue weighted by Gasteiger charge is -2.12. The highest BCUT2D eigenvalue weighted by Gasteiger charge is 2.19. The number of alkyl halides is 2. The molecule has 0 unspecified atom stereocenters. The second kappa shape index (κ2) is 4.57. The summed E-state index contributed by atoms with van der Waals surface area (Å²) in [6.45, 7) is -1.96. The van der Waals surface area contributed by atoms with Crippen molar-refractivity contribution < 1.29 is 18.3 Å². The van der Waals surface area contributed by atoms with Crippen molar-refractivity contribution in [2.75, 3.05) is 5.73 Å². The maximum absolute atomic E-state index is 12.1. The van der Waals surface area contributed by atoms with Gasteiger partial charge in [0.05, 0.1) is 16.8 Å². The van der Waals surface area contributed by atoms with E-state index < -0.39 is 18.1 Å². The molecule has 2 N–H and O–H groups in total. The molecule has 0 saturated carbocycles. The summed E-state index contributed by atoms with van der Waals surface area (Å²) in [7, 11) is 0. The zero-order valence-electron chi connectivity index (χ0n) is 8.33. The summed E-state index contributed by atoms with van der Waals surface area (Å²) in [6.07, 6.45) is 0. The van der Waals surface area contributed by atoms with Gasteiger partial charge in [0.25, 0.3) is 0 Å². The van der Waals surface area contributed by atoms with Crippen LogP contribution >= 0.6 is 0 Å². The van der Waals surface area contributed by atoms with Gasteiger partial charge in [-0.2, -0.15) is 14.0 Å². The first-order valence-corrected chi connectivity index (χ1v) is 4.25. The first kappa shape index (κ1) is 11.9. The van der Waals surface area contributed by atoms with Crippen LogP contribution in [0.4, 0.5) is 14.5 Å². The average molecular weight is 226 g/mol. The van der Waals surface area contributed by atoms with Gasteiger partial charge in [0.1, 0.15) is 6.07 Å². The Balaban J connectivity index is 3.43. The van der Waals surface area contributed by atoms with E-state index in [4.69, 9.17) is 11.0 Å². The predicted molar refractivity (Wildman–Crippen MR) is 52.2 cm³/mol. The third-order valence-corrected chi connectivity index (χ3v) is 1.87. The molecule has 1 aromatic carbocycles. The van der Waals surface area contributed by atoms with Crippen molar-refractivity contribution >= 4 is 11.5 Å². The Morgan fingerprint density at radius 2 is 2.19 bits per heavy atom. The number of nitrogen functional groups attached to an aromatic ring is 1. The van der Waals surface area contributed by atoms with Crippen LogP contribution in [0.3, 0.4) is 0 Å². The largest absolute Gasteiger partial charge is 0.432 e. The van der Waals surface area contributed by atoms with Crippen molar-refractivity contribution in [2.45, 2.75) is 13.5 Å². The lowest BCUT2D eigenvalue weighted by atomic mass is 10.0. The van der Waals surface area contributed by atoms with Gasteiger partial charge >= 0.3 is 6.61 Å². The fraction of sp³-hybridized carbons (Fsp3) is 0.200. The Morgan fingerprint density at radius 3 is 2.62 bits per heavy atom. The van der Waals surface area contributed by atoms with Crippen LogP contribution in [0.2, 0.25) is 0 Å². The van der Waals surface area contributed by atoms with Crippen LogP contribution in [0, 0.1) is 11.3 Å². The lowest BCUT2D eigenvalue weighted by Crippen LogP contribution is -2.10. The number of carbonyl (C=O) groups excluding carboxylic acids is 1. The molecule has 0 aliphatic heterocycles. The maximum atomic E-state index is 12.1. The fourth-order valence-electron chi connectivity index (χ4n) is 1.26. The van der Waals surface area contributed by atoms with Crippen molar-refractivity contribution in [3.63, 3.8) is 0 Å². The summed E-state index contributed by atoms with van der Waals surface area (Å²) >= 11 is 0. The maximum Gasteiger partial charge on any atom is 0.387 e. The molecule has 1 aromatic rings. The molecule has 6 heteroatoms. The number of rotatable bonds is 3. The molecule has 0 bridgehead atoms. The standard InChI is InChI=1S/C10H8F2N2O2/c1-5(15)8-6(4-13)2-3-7(14)9(8)16-10(11)12/h2-3,10H,14H2,1H3. The number of nitrogens with zero attached hydrogens (tertiary/aromatic N) is 1. The Kier molecular flexibility index (Phi) is 3.40. The molecule has 0 radical (unpaired) electrons. The lowest BCUT2D eigenvalue weighted by molar-refractivity contribution is -0.0496. The summed E-state index contributed by atoms with van der Waals surface area (Å²) in [5.41, 5.74) is 5.04. The molecule has 0 aliphatic rings. The van der Waals surface area contributed by atoms with Crippen molar-refractivity contribution in [3.8, 4) is 11.8 Å². The van der Waals surface area contributed by atoms with E-state index in [0.717, 1.165) is 6.92 Å². The molecule has 0 aromatic heterocycles. The van der Waals surface area contributed by atoms with Crippen molar-refractivity contribution in [2.24, 2.45) is 0 Å². The molecule has 0 fully saturated rings. The van der Waals surface area contributed by atoms with Gasteiger partial charge in [-0.1, -0.05) is 0 Å². The van der Waals surface area contributed by atoms with Crippen molar-refractivity contribution in [1.82, 2.24) is 0 Å². The van der Waals surface area contributed by atoms with E-state index >= 15 is 0 Å². The number of hydrogen-bond acceptors (Lipinski definition) is 4. The van der Waals surface area contributed by atoms with E-state index in [1.807, 2.05) is 0 Å². The van der Waals surface area contributed by atoms with Gasteiger partial charge in [0.15, 0.2) is 11.5 Å². The summed E-state index contributed by atoms with van der Waals surface area (Å²) in [5, 5.41) is 8.73. The molecule has 0 saturated heterocycles. The van der Waals surface area contributed by atoms with E-state index in [-0.39, 0.29) is 16.8 Å². The molecule has 84 valence electrons. The molecule has 0 aliphatic carbocycles. The second-order valence-corrected chi connectivity index (χ2v) is 2.95. The summed E-state index contributed by atoms with van der Waals surface area (Å²) in [5.74, 6) is -0.999. The first-order chi connectivity index (χ1) is 7.47. The Bertz CT molecular complexity index is 467. The average Bonchev–Trinajstić information content (AvgIpc) is 2.19. The monoisotopic (exact) mass is 226 g/mol. The SMILES string of the molecule is CC(=O)c1c(C#N)ccc(N)c1OC(F)F. The summed E-state index contributed by atoms with van der Waals surface area (Å²) in [4.78, 5) is 11.2. The third-order valence-electron chi connectivity index (χ3n) is 1.87. The molecular formula is C10H8F2N2O2. The number of carbonyl (C=O) groups is 1. The highest BCUT2D eigenvalue weighted by atomic mass is 19.3. The van der Waals surface area contributed by atoms with Gasteiger partial charge in [-0.15, -0.1) is 0 Å². The van der Waals surface area contributed by atoms with Crippen LogP contribution in [0.1, 0.15) is 22.8 Å². The van der Waals surface area contributed by atoms with E-state index in [1.165, 1.54) is 12.1 Å². The minimum atomic E-state index is -3.10. The fourth-order valence-corrected chi connectivity index (χ4v) is 1.26. The Hall–Kier alpha value is -2.16. The highest BCUT2D eigenvalue weighted by molar-refractivity contribution is 6.01. The predicted octanol–water partition coefficient (Wildman–Crippen LogP) is 1.94. The topological polar surface area (TPSA) is 76.1 Å². The van der Waals surface area contributed by atoms with Crippen LogP contribution in [-0.4, -0.2) is 12.4 Å². The molecule has 16 heavy (non-hydrogen) atoms. The summed E-state index contributed by atoms with van der Waals surface area (Å²) in [6, 6.07) is 4.24. The number of anilines is 1. The molecule has 0 heterocycles. The first-order valence-electron chi connectivity index (χ1n) is 4.25. The van der Waals surface area contributed by atoms with Gasteiger partial charge in [0.2, 0.25) is 0 Å². The number of nitriles is 1. The van der Waals surface area contributed by atoms with Crippen LogP contribution < -0.4 is 10.5 Å². The number of nitrogens with two attached hydrogens (primary N) is 1. The number of ether oxygens (including phenoxy) is 1. The minimum Gasteiger partial charge on any atom is -0.432 e. The molecular weight excluding hydrogens is 218 g/mol. The zero-order chi connectivity index (χ0) is 12.3. The van der Waals surface area contributed by atoms with Crippen LogP contribution in [-0.2, 0) is 0 Å². The van der Waals surface area contributed by atoms with Crippen molar-refractivity contribution in [3.05, 3.63) is 23.3 Å². The molecule has 1 rings (SSSR count). The zero-order valence-corrected chi connectivity index (χ0v) is 8.33. The molecule has 0 amide bonds. The van der Waals surface area contributed by atoms with Crippen LogP contribution in [0.25, 0.3) is 0 Å². The van der Waals surface area contributed by atoms with E-state index in [0.29, 0.717) is 0 Å². The molecule has 4 nitrogen and oxygen atoms in total. The molecule has 0 atom stereocenters. The highest BCUT2D eigenvalue weighted by Crippen LogP contribution is 2.31. The number of halogens is 2. The number of benzene rings is 1. The minimum absolute atomic E-state index is 0.0441. The van der Waals surface area contributed by atoms with E-state index in [1.54, 1.807) is 6.07 Å². The Labute approximate surface area is 90.2 Å². The number of ketones is 1. The third kappa shape index (κ3) is 2.25. The van der Waals surface area contributed by atoms with Gasteiger partial charge in [-0.25, -0.2) is 0 Å². The Morgan fingerprint density at radius 1 is 1.56 bits per heavy atom. The van der Waals surface area contributed by atoms with Gasteiger partial charge in [-0.05, 0) is 19.1 Å². The van der Waals surface area contributed by atoms with Gasteiger partial charge < -0.3 is 10.5 Å². The normalized spacial score (nSPS) is 9.94. The summed E-state index contributed by atoms with van der Waals surface area (Å²) < 4.78 is 28.4. The van der Waals surface area contributed by atoms with Crippen LogP contribution in [0.5, 0.6) is 5.75 Å². The smallest absolute Gasteiger partial charge is 0.387 e. The van der Waals surface area contributed by atoms with Crippen LogP contribution in [0.15, 0.2) is 12.1 Å². The number of hydrogen-bond donors (Lipinski definition) is 1.